The van der Waals surface area contributed by atoms with Gasteiger partial charge in [0.05, 0.1) is 19.1 Å². The van der Waals surface area contributed by atoms with E-state index in [1.165, 1.54) is 25.6 Å². The third-order valence-electron chi connectivity index (χ3n) is 3.63. The van der Waals surface area contributed by atoms with E-state index in [1.807, 2.05) is 17.5 Å². The maximum absolute atomic E-state index is 12.3. The number of amides is 1. The Morgan fingerprint density at radius 1 is 1.23 bits per heavy atom. The normalized spacial score (nSPS) is 10.4. The van der Waals surface area contributed by atoms with Gasteiger partial charge < -0.3 is 19.3 Å². The van der Waals surface area contributed by atoms with Crippen LogP contribution in [0.4, 0.5) is 0 Å². The molecule has 3 aromatic rings. The molecular formula is C18H16N2O5S. The minimum atomic E-state index is -0.507. The van der Waals surface area contributed by atoms with Crippen molar-refractivity contribution < 1.29 is 23.6 Å². The highest BCUT2D eigenvalue weighted by Gasteiger charge is 2.16. The molecule has 2 aromatic heterocycles. The highest BCUT2D eigenvalue weighted by atomic mass is 32.1. The summed E-state index contributed by atoms with van der Waals surface area (Å²) in [7, 11) is 2.77. The summed E-state index contributed by atoms with van der Waals surface area (Å²) < 4.78 is 15.1. The zero-order valence-electron chi connectivity index (χ0n) is 14.1. The number of thiophene rings is 1. The lowest BCUT2D eigenvalue weighted by molar-refractivity contribution is 0.0597. The molecule has 0 fully saturated rings. The van der Waals surface area contributed by atoms with Gasteiger partial charge in [0.1, 0.15) is 11.3 Å². The van der Waals surface area contributed by atoms with E-state index in [0.29, 0.717) is 17.1 Å². The van der Waals surface area contributed by atoms with E-state index in [-0.39, 0.29) is 18.1 Å². The molecule has 2 heterocycles. The van der Waals surface area contributed by atoms with Crippen LogP contribution in [0.3, 0.4) is 0 Å². The summed E-state index contributed by atoms with van der Waals surface area (Å²) in [6.07, 6.45) is 0. The van der Waals surface area contributed by atoms with E-state index >= 15 is 0 Å². The largest absolute Gasteiger partial charge is 0.496 e. The quantitative estimate of drug-likeness (QED) is 0.669. The van der Waals surface area contributed by atoms with Gasteiger partial charge in [-0.1, -0.05) is 17.3 Å². The number of carbonyl (C=O) groups excluding carboxylic acids is 2. The highest BCUT2D eigenvalue weighted by Crippen LogP contribution is 2.25. The summed E-state index contributed by atoms with van der Waals surface area (Å²) >= 11 is 1.50. The number of hydrogen-bond acceptors (Lipinski definition) is 7. The zero-order chi connectivity index (χ0) is 18.5. The van der Waals surface area contributed by atoms with Crippen molar-refractivity contribution in [2.24, 2.45) is 0 Å². The van der Waals surface area contributed by atoms with Gasteiger partial charge in [0.15, 0.2) is 11.5 Å². The molecular weight excluding hydrogens is 356 g/mol. The number of carbonyl (C=O) groups is 2. The second-order valence-corrected chi connectivity index (χ2v) is 6.21. The van der Waals surface area contributed by atoms with E-state index in [0.717, 1.165) is 10.4 Å². The fourth-order valence-electron chi connectivity index (χ4n) is 2.32. The van der Waals surface area contributed by atoms with Gasteiger partial charge in [0.25, 0.3) is 5.91 Å². The van der Waals surface area contributed by atoms with E-state index < -0.39 is 5.97 Å². The van der Waals surface area contributed by atoms with Gasteiger partial charge >= 0.3 is 5.97 Å². The summed E-state index contributed by atoms with van der Waals surface area (Å²) in [6, 6.07) is 10.4. The first-order valence-electron chi connectivity index (χ1n) is 7.66. The third kappa shape index (κ3) is 3.75. The van der Waals surface area contributed by atoms with Crippen molar-refractivity contribution in [3.63, 3.8) is 0 Å². The van der Waals surface area contributed by atoms with Crippen LogP contribution in [0.1, 0.15) is 26.4 Å². The van der Waals surface area contributed by atoms with Crippen LogP contribution in [0.25, 0.3) is 10.6 Å². The predicted octanol–water partition coefficient (Wildman–Crippen LogP) is 3.13. The number of rotatable bonds is 6. The number of nitrogens with one attached hydrogen (secondary N) is 1. The molecule has 0 radical (unpaired) electrons. The summed E-state index contributed by atoms with van der Waals surface area (Å²) in [6.45, 7) is 0.216. The minimum absolute atomic E-state index is 0.190. The van der Waals surface area contributed by atoms with Crippen molar-refractivity contribution in [3.8, 4) is 16.4 Å². The summed E-state index contributed by atoms with van der Waals surface area (Å²) in [5, 5.41) is 8.46. The van der Waals surface area contributed by atoms with E-state index in [1.54, 1.807) is 24.3 Å². The Balaban J connectivity index is 1.69. The average molecular weight is 372 g/mol. The van der Waals surface area contributed by atoms with Gasteiger partial charge in [-0.25, -0.2) is 4.79 Å². The fraction of sp³-hybridized carbons (Fsp3) is 0.167. The van der Waals surface area contributed by atoms with E-state index in [2.05, 4.69) is 10.5 Å². The Hall–Kier alpha value is -3.13. The predicted molar refractivity (Wildman–Crippen MR) is 95.3 cm³/mol. The lowest BCUT2D eigenvalue weighted by atomic mass is 10.1. The molecule has 1 amide bonds. The molecule has 0 aliphatic heterocycles. The van der Waals surface area contributed by atoms with Crippen LogP contribution < -0.4 is 10.1 Å². The summed E-state index contributed by atoms with van der Waals surface area (Å²) in [4.78, 5) is 25.0. The Morgan fingerprint density at radius 3 is 2.77 bits per heavy atom. The van der Waals surface area contributed by atoms with Crippen molar-refractivity contribution in [2.45, 2.75) is 6.54 Å². The molecule has 0 aliphatic carbocycles. The Kier molecular flexibility index (Phi) is 5.33. The molecule has 0 saturated carbocycles. The number of ether oxygens (including phenoxy) is 2. The second-order valence-electron chi connectivity index (χ2n) is 5.26. The Morgan fingerprint density at radius 2 is 2.08 bits per heavy atom. The summed E-state index contributed by atoms with van der Waals surface area (Å²) in [5.41, 5.74) is 1.21. The van der Waals surface area contributed by atoms with Gasteiger partial charge in [0, 0.05) is 12.6 Å². The maximum Gasteiger partial charge on any atom is 0.341 e. The van der Waals surface area contributed by atoms with E-state index in [9.17, 15) is 9.59 Å². The number of hydrogen-bond donors (Lipinski definition) is 1. The molecule has 0 bridgehead atoms. The second kappa shape index (κ2) is 7.83. The topological polar surface area (TPSA) is 90.7 Å². The van der Waals surface area contributed by atoms with Crippen LogP contribution in [0, 0.1) is 0 Å². The first-order valence-corrected chi connectivity index (χ1v) is 8.54. The molecule has 0 atom stereocenters. The van der Waals surface area contributed by atoms with Crippen molar-refractivity contribution in [2.75, 3.05) is 14.2 Å². The molecule has 0 unspecified atom stereocenters. The first kappa shape index (κ1) is 17.7. The highest BCUT2D eigenvalue weighted by molar-refractivity contribution is 7.13. The Labute approximate surface area is 153 Å². The average Bonchev–Trinajstić information content (AvgIpc) is 3.36. The van der Waals surface area contributed by atoms with Crippen LogP contribution in [-0.4, -0.2) is 31.3 Å². The van der Waals surface area contributed by atoms with Crippen LogP contribution in [0.5, 0.6) is 5.75 Å². The van der Waals surface area contributed by atoms with Crippen molar-refractivity contribution in [1.82, 2.24) is 10.5 Å². The number of methoxy groups -OCH3 is 2. The lowest BCUT2D eigenvalue weighted by Crippen LogP contribution is -2.23. The van der Waals surface area contributed by atoms with Gasteiger partial charge in [-0.3, -0.25) is 4.79 Å². The molecule has 0 aliphatic rings. The van der Waals surface area contributed by atoms with Crippen LogP contribution in [-0.2, 0) is 11.3 Å². The number of benzene rings is 1. The van der Waals surface area contributed by atoms with Gasteiger partial charge in [-0.2, -0.15) is 0 Å². The fourth-order valence-corrected chi connectivity index (χ4v) is 3.00. The smallest absolute Gasteiger partial charge is 0.341 e. The lowest BCUT2D eigenvalue weighted by Gasteiger charge is -2.09. The van der Waals surface area contributed by atoms with Crippen LogP contribution in [0.2, 0.25) is 0 Å². The monoisotopic (exact) mass is 372 g/mol. The SMILES string of the molecule is COC(=O)c1cc(CNC(=O)c2cc(-c3cccs3)on2)ccc1OC. The van der Waals surface area contributed by atoms with Gasteiger partial charge in [0.2, 0.25) is 0 Å². The number of aromatic nitrogens is 1. The molecule has 26 heavy (non-hydrogen) atoms. The van der Waals surface area contributed by atoms with E-state index in [4.69, 9.17) is 14.0 Å². The minimum Gasteiger partial charge on any atom is -0.496 e. The Bertz CT molecular complexity index is 918. The standard InChI is InChI=1S/C18H16N2O5S/c1-23-14-6-5-11(8-12(14)18(22)24-2)10-19-17(21)13-9-15(25-20-13)16-4-3-7-26-16/h3-9H,10H2,1-2H3,(H,19,21). The first-order chi connectivity index (χ1) is 12.6. The van der Waals surface area contributed by atoms with Gasteiger partial charge in [-0.15, -0.1) is 11.3 Å². The molecule has 1 aromatic carbocycles. The zero-order valence-corrected chi connectivity index (χ0v) is 15.0. The van der Waals surface area contributed by atoms with Crippen LogP contribution >= 0.6 is 11.3 Å². The molecule has 1 N–H and O–H groups in total. The number of esters is 1. The third-order valence-corrected chi connectivity index (χ3v) is 4.51. The number of nitrogens with zero attached hydrogens (tertiary/aromatic N) is 1. The van der Waals surface area contributed by atoms with Gasteiger partial charge in [-0.05, 0) is 29.1 Å². The molecule has 8 heteroatoms. The molecule has 3 rings (SSSR count). The van der Waals surface area contributed by atoms with Crippen molar-refractivity contribution in [1.29, 1.82) is 0 Å². The molecule has 0 spiro atoms. The van der Waals surface area contributed by atoms with Crippen molar-refractivity contribution in [3.05, 3.63) is 58.6 Å². The van der Waals surface area contributed by atoms with Crippen molar-refractivity contribution >= 4 is 23.2 Å². The molecule has 7 nitrogen and oxygen atoms in total. The molecule has 0 saturated heterocycles. The maximum atomic E-state index is 12.3. The summed E-state index contributed by atoms with van der Waals surface area (Å²) in [5.74, 6) is 0.0747. The van der Waals surface area contributed by atoms with Crippen LogP contribution in [0.15, 0.2) is 46.3 Å². The molecule has 134 valence electrons.